The second-order valence-electron chi connectivity index (χ2n) is 5.44. The predicted octanol–water partition coefficient (Wildman–Crippen LogP) is 1.45. The van der Waals surface area contributed by atoms with Gasteiger partial charge in [0.15, 0.2) is 0 Å². The van der Waals surface area contributed by atoms with E-state index in [-0.39, 0.29) is 13.2 Å². The summed E-state index contributed by atoms with van der Waals surface area (Å²) in [5, 5.41) is 9.08. The van der Waals surface area contributed by atoms with E-state index in [4.69, 9.17) is 5.11 Å². The number of unbranched alkanes of at least 4 members (excludes halogenated alkanes) is 2. The Morgan fingerprint density at radius 1 is 1.32 bits per heavy atom. The van der Waals surface area contributed by atoms with E-state index in [0.29, 0.717) is 25.6 Å². The lowest BCUT2D eigenvalue weighted by Gasteiger charge is -2.34. The van der Waals surface area contributed by atoms with Gasteiger partial charge in [0, 0.05) is 26.2 Å². The summed E-state index contributed by atoms with van der Waals surface area (Å²) >= 11 is 0. The molecule has 5 nitrogen and oxygen atoms in total. The van der Waals surface area contributed by atoms with Gasteiger partial charge in [-0.1, -0.05) is 26.7 Å². The largest absolute Gasteiger partial charge is 0.395 e. The number of hydrogen-bond acceptors (Lipinski definition) is 3. The van der Waals surface area contributed by atoms with Crippen LogP contribution in [0, 0.1) is 5.92 Å². The zero-order chi connectivity index (χ0) is 14.3. The molecule has 1 aliphatic heterocycles. The number of aliphatic hydroxyl groups excluding tert-OH is 1. The van der Waals surface area contributed by atoms with Gasteiger partial charge >= 0.3 is 0 Å². The summed E-state index contributed by atoms with van der Waals surface area (Å²) in [7, 11) is -3.39. The van der Waals surface area contributed by atoms with Crippen LogP contribution in [0.3, 0.4) is 0 Å². The molecular formula is C13H28N2O3S. The summed E-state index contributed by atoms with van der Waals surface area (Å²) in [6.07, 6.45) is 4.98. The van der Waals surface area contributed by atoms with Gasteiger partial charge in [-0.05, 0) is 25.2 Å². The molecule has 0 aliphatic carbocycles. The third-order valence-corrected chi connectivity index (χ3v) is 5.63. The highest BCUT2D eigenvalue weighted by atomic mass is 32.2. The molecule has 1 rings (SSSR count). The Bertz CT molecular complexity index is 346. The Labute approximate surface area is 117 Å². The van der Waals surface area contributed by atoms with Gasteiger partial charge in [0.25, 0.3) is 10.2 Å². The van der Waals surface area contributed by atoms with Crippen molar-refractivity contribution in [1.82, 2.24) is 8.61 Å². The third kappa shape index (κ3) is 5.02. The van der Waals surface area contributed by atoms with Gasteiger partial charge in [-0.15, -0.1) is 0 Å². The van der Waals surface area contributed by atoms with Crippen LogP contribution in [0.15, 0.2) is 0 Å². The lowest BCUT2D eigenvalue weighted by Crippen LogP contribution is -2.48. The van der Waals surface area contributed by atoms with Gasteiger partial charge in [-0.2, -0.15) is 17.0 Å². The molecule has 0 aromatic rings. The quantitative estimate of drug-likeness (QED) is 0.689. The molecular weight excluding hydrogens is 264 g/mol. The van der Waals surface area contributed by atoms with Gasteiger partial charge < -0.3 is 5.11 Å². The van der Waals surface area contributed by atoms with Gasteiger partial charge in [0.2, 0.25) is 0 Å². The summed E-state index contributed by atoms with van der Waals surface area (Å²) < 4.78 is 28.1. The first-order valence-corrected chi connectivity index (χ1v) is 8.78. The van der Waals surface area contributed by atoms with Crippen molar-refractivity contribution in [3.8, 4) is 0 Å². The molecule has 6 heteroatoms. The van der Waals surface area contributed by atoms with Crippen molar-refractivity contribution in [3.05, 3.63) is 0 Å². The first-order valence-electron chi connectivity index (χ1n) is 7.38. The molecule has 114 valence electrons. The Hall–Kier alpha value is -0.170. The summed E-state index contributed by atoms with van der Waals surface area (Å²) in [6.45, 7) is 6.01. The zero-order valence-electron chi connectivity index (χ0n) is 12.2. The van der Waals surface area contributed by atoms with Crippen molar-refractivity contribution in [2.45, 2.75) is 46.0 Å². The lowest BCUT2D eigenvalue weighted by molar-refractivity contribution is 0.225. The summed E-state index contributed by atoms with van der Waals surface area (Å²) in [5.74, 6) is 0.426. The Kier molecular flexibility index (Phi) is 7.28. The molecule has 1 aliphatic rings. The van der Waals surface area contributed by atoms with Crippen molar-refractivity contribution < 1.29 is 13.5 Å². The lowest BCUT2D eigenvalue weighted by atomic mass is 10.0. The van der Waals surface area contributed by atoms with Crippen LogP contribution in [0.5, 0.6) is 0 Å². The average Bonchev–Trinajstić information content (AvgIpc) is 2.38. The van der Waals surface area contributed by atoms with Crippen molar-refractivity contribution >= 4 is 10.2 Å². The molecule has 19 heavy (non-hydrogen) atoms. The smallest absolute Gasteiger partial charge is 0.282 e. The molecule has 0 amide bonds. The normalized spacial score (nSPS) is 22.0. The molecule has 1 fully saturated rings. The molecule has 1 N–H and O–H groups in total. The van der Waals surface area contributed by atoms with Gasteiger partial charge in [0.1, 0.15) is 0 Å². The molecule has 1 atom stereocenters. The van der Waals surface area contributed by atoms with E-state index in [1.165, 1.54) is 4.31 Å². The fourth-order valence-electron chi connectivity index (χ4n) is 2.51. The van der Waals surface area contributed by atoms with E-state index in [2.05, 4.69) is 13.8 Å². The third-order valence-electron chi connectivity index (χ3n) is 3.63. The fraction of sp³-hybridized carbons (Fsp3) is 1.00. The van der Waals surface area contributed by atoms with Crippen molar-refractivity contribution in [2.24, 2.45) is 5.92 Å². The number of nitrogens with zero attached hydrogens (tertiary/aromatic N) is 2. The van der Waals surface area contributed by atoms with Crippen LogP contribution in [-0.4, -0.2) is 54.9 Å². The molecule has 0 spiro atoms. The Morgan fingerprint density at radius 2 is 2.05 bits per heavy atom. The average molecular weight is 292 g/mol. The van der Waals surface area contributed by atoms with Crippen LogP contribution in [0.25, 0.3) is 0 Å². The zero-order valence-corrected chi connectivity index (χ0v) is 13.0. The molecule has 0 aromatic carbocycles. The maximum Gasteiger partial charge on any atom is 0.282 e. The number of rotatable bonds is 8. The molecule has 1 unspecified atom stereocenters. The monoisotopic (exact) mass is 292 g/mol. The van der Waals surface area contributed by atoms with E-state index in [1.807, 2.05) is 0 Å². The van der Waals surface area contributed by atoms with Crippen LogP contribution >= 0.6 is 0 Å². The topological polar surface area (TPSA) is 60.9 Å². The van der Waals surface area contributed by atoms with E-state index in [1.54, 1.807) is 4.31 Å². The van der Waals surface area contributed by atoms with Crippen molar-refractivity contribution in [2.75, 3.05) is 32.8 Å². The van der Waals surface area contributed by atoms with Gasteiger partial charge in [-0.3, -0.25) is 0 Å². The minimum atomic E-state index is -3.39. The van der Waals surface area contributed by atoms with Gasteiger partial charge in [0.05, 0.1) is 6.61 Å². The first-order chi connectivity index (χ1) is 9.02. The highest BCUT2D eigenvalue weighted by Gasteiger charge is 2.31. The minimum Gasteiger partial charge on any atom is -0.395 e. The second-order valence-corrected chi connectivity index (χ2v) is 7.37. The van der Waals surface area contributed by atoms with Crippen LogP contribution in [0.4, 0.5) is 0 Å². The molecule has 0 saturated carbocycles. The number of hydrogen-bond donors (Lipinski definition) is 1. The summed E-state index contributed by atoms with van der Waals surface area (Å²) in [6, 6.07) is 0. The van der Waals surface area contributed by atoms with Crippen LogP contribution in [-0.2, 0) is 10.2 Å². The van der Waals surface area contributed by atoms with Crippen LogP contribution < -0.4 is 0 Å². The van der Waals surface area contributed by atoms with E-state index >= 15 is 0 Å². The van der Waals surface area contributed by atoms with Gasteiger partial charge in [-0.25, -0.2) is 0 Å². The summed E-state index contributed by atoms with van der Waals surface area (Å²) in [4.78, 5) is 0. The maximum absolute atomic E-state index is 12.6. The SMILES string of the molecule is CCCCCN(CCO)S(=O)(=O)N1CCCC(C)C1. The molecule has 0 radical (unpaired) electrons. The fourth-order valence-corrected chi connectivity index (χ4v) is 4.31. The molecule has 1 saturated heterocycles. The standard InChI is InChI=1S/C13H28N2O3S/c1-3-4-5-8-14(10-11-16)19(17,18)15-9-6-7-13(2)12-15/h13,16H,3-12H2,1-2H3. The molecule has 0 bridgehead atoms. The highest BCUT2D eigenvalue weighted by Crippen LogP contribution is 2.20. The Balaban J connectivity index is 2.68. The first kappa shape index (κ1) is 16.9. The molecule has 0 aromatic heterocycles. The number of aliphatic hydroxyl groups is 1. The van der Waals surface area contributed by atoms with E-state index in [0.717, 1.165) is 32.1 Å². The second kappa shape index (κ2) is 8.19. The van der Waals surface area contributed by atoms with Crippen molar-refractivity contribution in [1.29, 1.82) is 0 Å². The maximum atomic E-state index is 12.6. The van der Waals surface area contributed by atoms with E-state index < -0.39 is 10.2 Å². The minimum absolute atomic E-state index is 0.116. The van der Waals surface area contributed by atoms with Crippen LogP contribution in [0.1, 0.15) is 46.0 Å². The predicted molar refractivity (Wildman–Crippen MR) is 77.1 cm³/mol. The van der Waals surface area contributed by atoms with E-state index in [9.17, 15) is 8.42 Å². The molecule has 1 heterocycles. The highest BCUT2D eigenvalue weighted by molar-refractivity contribution is 7.86. The summed E-state index contributed by atoms with van der Waals surface area (Å²) in [5.41, 5.74) is 0. The Morgan fingerprint density at radius 3 is 2.63 bits per heavy atom. The van der Waals surface area contributed by atoms with Crippen molar-refractivity contribution in [3.63, 3.8) is 0 Å². The number of piperidine rings is 1. The van der Waals surface area contributed by atoms with Crippen LogP contribution in [0.2, 0.25) is 0 Å².